The molecule has 0 spiro atoms. The highest BCUT2D eigenvalue weighted by Gasteiger charge is 2.06. The number of hydrogen-bond donors (Lipinski definition) is 1. The van der Waals surface area contributed by atoms with E-state index in [9.17, 15) is 4.39 Å². The molecular weight excluding hydrogens is 253 g/mol. The Morgan fingerprint density at radius 3 is 2.60 bits per heavy atom. The van der Waals surface area contributed by atoms with Crippen LogP contribution in [-0.4, -0.2) is 7.05 Å². The Hall–Kier alpha value is -1.87. The summed E-state index contributed by atoms with van der Waals surface area (Å²) in [5, 5.41) is 3.13. The van der Waals surface area contributed by atoms with Crippen LogP contribution in [0.2, 0.25) is 0 Å². The topological polar surface area (TPSA) is 21.3 Å². The molecule has 0 aromatic heterocycles. The third-order valence-corrected chi connectivity index (χ3v) is 3.28. The monoisotopic (exact) mass is 273 g/mol. The molecule has 2 aromatic carbocycles. The molecule has 0 aliphatic carbocycles. The maximum Gasteiger partial charge on any atom is 0.124 e. The number of ether oxygens (including phenoxy) is 1. The molecule has 0 aliphatic rings. The summed E-state index contributed by atoms with van der Waals surface area (Å²) in [6.45, 7) is 5.14. The van der Waals surface area contributed by atoms with E-state index in [1.165, 1.54) is 17.7 Å². The Kier molecular flexibility index (Phi) is 4.74. The van der Waals surface area contributed by atoms with Gasteiger partial charge in [0.25, 0.3) is 0 Å². The summed E-state index contributed by atoms with van der Waals surface area (Å²) in [5.74, 6) is 0.613. The maximum atomic E-state index is 13.3. The van der Waals surface area contributed by atoms with Gasteiger partial charge in [-0.3, -0.25) is 0 Å². The van der Waals surface area contributed by atoms with Gasteiger partial charge in [0.15, 0.2) is 0 Å². The van der Waals surface area contributed by atoms with E-state index in [2.05, 4.69) is 18.3 Å². The number of aryl methyl sites for hydroxylation is 2. The van der Waals surface area contributed by atoms with Gasteiger partial charge in [-0.25, -0.2) is 4.39 Å². The first-order valence-corrected chi connectivity index (χ1v) is 6.72. The molecule has 106 valence electrons. The van der Waals surface area contributed by atoms with E-state index in [0.717, 1.165) is 29.0 Å². The predicted molar refractivity (Wildman–Crippen MR) is 79.4 cm³/mol. The number of rotatable bonds is 5. The molecule has 3 heteroatoms. The van der Waals surface area contributed by atoms with Crippen molar-refractivity contribution in [1.29, 1.82) is 0 Å². The van der Waals surface area contributed by atoms with E-state index in [1.807, 2.05) is 26.1 Å². The summed E-state index contributed by atoms with van der Waals surface area (Å²) in [6.07, 6.45) is 0. The first-order chi connectivity index (χ1) is 9.60. The molecule has 0 atom stereocenters. The van der Waals surface area contributed by atoms with Gasteiger partial charge < -0.3 is 10.1 Å². The largest absolute Gasteiger partial charge is 0.489 e. The van der Waals surface area contributed by atoms with Crippen molar-refractivity contribution < 1.29 is 9.13 Å². The Balaban J connectivity index is 2.16. The molecule has 0 saturated heterocycles. The lowest BCUT2D eigenvalue weighted by Crippen LogP contribution is -2.08. The molecule has 0 amide bonds. The normalized spacial score (nSPS) is 10.6. The molecule has 0 unspecified atom stereocenters. The van der Waals surface area contributed by atoms with Crippen molar-refractivity contribution >= 4 is 0 Å². The summed E-state index contributed by atoms with van der Waals surface area (Å²) in [4.78, 5) is 0. The Morgan fingerprint density at radius 1 is 1.05 bits per heavy atom. The van der Waals surface area contributed by atoms with Crippen LogP contribution in [0.4, 0.5) is 4.39 Å². The molecule has 0 fully saturated rings. The average molecular weight is 273 g/mol. The molecule has 2 nitrogen and oxygen atoms in total. The first kappa shape index (κ1) is 14.5. The zero-order chi connectivity index (χ0) is 14.5. The lowest BCUT2D eigenvalue weighted by molar-refractivity contribution is 0.301. The molecule has 2 aromatic rings. The van der Waals surface area contributed by atoms with Crippen molar-refractivity contribution in [1.82, 2.24) is 5.32 Å². The van der Waals surface area contributed by atoms with Crippen molar-refractivity contribution in [3.05, 3.63) is 64.5 Å². The van der Waals surface area contributed by atoms with E-state index in [-0.39, 0.29) is 5.82 Å². The van der Waals surface area contributed by atoms with E-state index in [4.69, 9.17) is 4.74 Å². The van der Waals surface area contributed by atoms with Crippen LogP contribution in [0.5, 0.6) is 5.75 Å². The summed E-state index contributed by atoms with van der Waals surface area (Å²) in [5.41, 5.74) is 4.22. The minimum Gasteiger partial charge on any atom is -0.489 e. The molecule has 2 rings (SSSR count). The summed E-state index contributed by atoms with van der Waals surface area (Å²) in [6, 6.07) is 10.9. The highest BCUT2D eigenvalue weighted by molar-refractivity contribution is 5.37. The minimum atomic E-state index is -0.228. The van der Waals surface area contributed by atoms with Gasteiger partial charge >= 0.3 is 0 Å². The van der Waals surface area contributed by atoms with E-state index in [1.54, 1.807) is 6.07 Å². The molecule has 1 N–H and O–H groups in total. The zero-order valence-corrected chi connectivity index (χ0v) is 12.2. The van der Waals surface area contributed by atoms with Gasteiger partial charge in [-0.1, -0.05) is 23.8 Å². The van der Waals surface area contributed by atoms with E-state index >= 15 is 0 Å². The summed E-state index contributed by atoms with van der Waals surface area (Å²) < 4.78 is 19.1. The Bertz CT molecular complexity index is 596. The van der Waals surface area contributed by atoms with Crippen LogP contribution in [0.1, 0.15) is 22.3 Å². The summed E-state index contributed by atoms with van der Waals surface area (Å²) >= 11 is 0. The maximum absolute atomic E-state index is 13.3. The van der Waals surface area contributed by atoms with Crippen LogP contribution in [0.15, 0.2) is 36.4 Å². The van der Waals surface area contributed by atoms with Crippen molar-refractivity contribution in [3.63, 3.8) is 0 Å². The van der Waals surface area contributed by atoms with Gasteiger partial charge in [-0.05, 0) is 50.2 Å². The highest BCUT2D eigenvalue weighted by Crippen LogP contribution is 2.22. The van der Waals surface area contributed by atoms with E-state index < -0.39 is 0 Å². The van der Waals surface area contributed by atoms with Crippen LogP contribution in [0.3, 0.4) is 0 Å². The van der Waals surface area contributed by atoms with Crippen molar-refractivity contribution in [2.45, 2.75) is 27.0 Å². The predicted octanol–water partition coefficient (Wildman–Crippen LogP) is 3.74. The molecule has 0 bridgehead atoms. The van der Waals surface area contributed by atoms with Crippen LogP contribution in [-0.2, 0) is 13.2 Å². The fourth-order valence-electron chi connectivity index (χ4n) is 2.13. The van der Waals surface area contributed by atoms with Gasteiger partial charge in [0.2, 0.25) is 0 Å². The molecule has 0 saturated carbocycles. The zero-order valence-electron chi connectivity index (χ0n) is 12.2. The van der Waals surface area contributed by atoms with Crippen LogP contribution in [0, 0.1) is 19.7 Å². The summed E-state index contributed by atoms with van der Waals surface area (Å²) in [7, 11) is 1.91. The average Bonchev–Trinajstić information content (AvgIpc) is 2.42. The number of benzene rings is 2. The Morgan fingerprint density at radius 2 is 1.85 bits per heavy atom. The van der Waals surface area contributed by atoms with Crippen LogP contribution in [0.25, 0.3) is 0 Å². The second-order valence-electron chi connectivity index (χ2n) is 5.00. The second kappa shape index (κ2) is 6.53. The minimum absolute atomic E-state index is 0.228. The molecule has 0 aliphatic heterocycles. The number of nitrogens with one attached hydrogen (secondary N) is 1. The van der Waals surface area contributed by atoms with Gasteiger partial charge in [-0.15, -0.1) is 0 Å². The van der Waals surface area contributed by atoms with Gasteiger partial charge in [0.1, 0.15) is 18.2 Å². The van der Waals surface area contributed by atoms with Crippen molar-refractivity contribution in [2.75, 3.05) is 7.05 Å². The van der Waals surface area contributed by atoms with Crippen molar-refractivity contribution in [2.24, 2.45) is 0 Å². The second-order valence-corrected chi connectivity index (χ2v) is 5.00. The molecule has 0 heterocycles. The van der Waals surface area contributed by atoms with Crippen molar-refractivity contribution in [3.8, 4) is 5.75 Å². The lowest BCUT2D eigenvalue weighted by Gasteiger charge is -2.13. The molecule has 0 radical (unpaired) electrons. The SMILES string of the molecule is CNCc1cc(C)ccc1OCc1cc(F)ccc1C. The van der Waals surface area contributed by atoms with E-state index in [0.29, 0.717) is 6.61 Å². The fourth-order valence-corrected chi connectivity index (χ4v) is 2.13. The third kappa shape index (κ3) is 3.58. The molecule has 20 heavy (non-hydrogen) atoms. The molecular formula is C17H20FNO. The van der Waals surface area contributed by atoms with Gasteiger partial charge in [-0.2, -0.15) is 0 Å². The highest BCUT2D eigenvalue weighted by atomic mass is 19.1. The third-order valence-electron chi connectivity index (χ3n) is 3.28. The van der Waals surface area contributed by atoms with Crippen LogP contribution < -0.4 is 10.1 Å². The number of hydrogen-bond acceptors (Lipinski definition) is 2. The number of halogens is 1. The fraction of sp³-hybridized carbons (Fsp3) is 0.294. The lowest BCUT2D eigenvalue weighted by atomic mass is 10.1. The first-order valence-electron chi connectivity index (χ1n) is 6.72. The smallest absolute Gasteiger partial charge is 0.124 e. The Labute approximate surface area is 119 Å². The van der Waals surface area contributed by atoms with Gasteiger partial charge in [0, 0.05) is 12.1 Å². The van der Waals surface area contributed by atoms with Gasteiger partial charge in [0.05, 0.1) is 0 Å². The quantitative estimate of drug-likeness (QED) is 0.896. The standard InChI is InChI=1S/C17H20FNO/c1-12-4-7-17(14(8-12)10-19-3)20-11-15-9-16(18)6-5-13(15)2/h4-9,19H,10-11H2,1-3H3. The van der Waals surface area contributed by atoms with Crippen LogP contribution >= 0.6 is 0 Å².